The summed E-state index contributed by atoms with van der Waals surface area (Å²) in [5.41, 5.74) is 1.31. The average Bonchev–Trinajstić information content (AvgIpc) is 2.83. The van der Waals surface area contributed by atoms with Crippen molar-refractivity contribution in [3.8, 4) is 0 Å². The maximum atomic E-state index is 4.02. The van der Waals surface area contributed by atoms with Crippen molar-refractivity contribution in [2.24, 2.45) is 5.92 Å². The molecule has 1 fully saturated rings. The van der Waals surface area contributed by atoms with Crippen molar-refractivity contribution in [3.63, 3.8) is 0 Å². The minimum absolute atomic E-state index is 0.731. The van der Waals surface area contributed by atoms with E-state index in [2.05, 4.69) is 34.3 Å². The largest absolute Gasteiger partial charge is 0.312 e. The minimum Gasteiger partial charge on any atom is -0.312 e. The Bertz CT molecular complexity index is 307. The number of likely N-dealkylation sites (tertiary alicyclic amines) is 1. The highest BCUT2D eigenvalue weighted by atomic mass is 15.1. The van der Waals surface area contributed by atoms with Crippen LogP contribution in [0.3, 0.4) is 0 Å². The summed E-state index contributed by atoms with van der Waals surface area (Å²) in [5.74, 6) is 0.731. The highest BCUT2D eigenvalue weighted by Crippen LogP contribution is 2.09. The van der Waals surface area contributed by atoms with Crippen molar-refractivity contribution in [2.75, 3.05) is 26.2 Å². The second-order valence-electron chi connectivity index (χ2n) is 5.10. The number of nitrogens with one attached hydrogen (secondary N) is 1. The standard InChI is InChI=1S/C14H23N3/c1-13(12-17-8-2-3-9-17)10-16-11-14-4-6-15-7-5-14/h4-7,13,16H,2-3,8-12H2,1H3. The first-order valence-corrected chi connectivity index (χ1v) is 6.66. The Balaban J connectivity index is 1.61. The van der Waals surface area contributed by atoms with E-state index in [0.717, 1.165) is 19.0 Å². The molecule has 0 radical (unpaired) electrons. The van der Waals surface area contributed by atoms with Gasteiger partial charge in [0.1, 0.15) is 0 Å². The second kappa shape index (κ2) is 6.72. The highest BCUT2D eigenvalue weighted by molar-refractivity contribution is 5.08. The van der Waals surface area contributed by atoms with Crippen LogP contribution in [-0.4, -0.2) is 36.1 Å². The molecule has 0 amide bonds. The first-order chi connectivity index (χ1) is 8.34. The van der Waals surface area contributed by atoms with Crippen LogP contribution in [0.5, 0.6) is 0 Å². The Labute approximate surface area is 104 Å². The van der Waals surface area contributed by atoms with Crippen LogP contribution in [0.2, 0.25) is 0 Å². The summed E-state index contributed by atoms with van der Waals surface area (Å²) in [6, 6.07) is 4.14. The third-order valence-electron chi connectivity index (χ3n) is 3.34. The van der Waals surface area contributed by atoms with Crippen LogP contribution in [0.25, 0.3) is 0 Å². The van der Waals surface area contributed by atoms with Gasteiger partial charge in [-0.3, -0.25) is 4.98 Å². The summed E-state index contributed by atoms with van der Waals surface area (Å²) >= 11 is 0. The number of hydrogen-bond acceptors (Lipinski definition) is 3. The lowest BCUT2D eigenvalue weighted by Crippen LogP contribution is -2.31. The maximum Gasteiger partial charge on any atom is 0.0271 e. The van der Waals surface area contributed by atoms with Crippen LogP contribution in [0.15, 0.2) is 24.5 Å². The molecule has 0 spiro atoms. The first kappa shape index (κ1) is 12.5. The third kappa shape index (κ3) is 4.44. The monoisotopic (exact) mass is 233 g/mol. The second-order valence-corrected chi connectivity index (χ2v) is 5.10. The smallest absolute Gasteiger partial charge is 0.0271 e. The summed E-state index contributed by atoms with van der Waals surface area (Å²) in [4.78, 5) is 6.60. The van der Waals surface area contributed by atoms with Crippen molar-refractivity contribution < 1.29 is 0 Å². The number of aromatic nitrogens is 1. The molecule has 3 nitrogen and oxygen atoms in total. The van der Waals surface area contributed by atoms with Crippen LogP contribution < -0.4 is 5.32 Å². The van der Waals surface area contributed by atoms with Gasteiger partial charge >= 0.3 is 0 Å². The number of nitrogens with zero attached hydrogens (tertiary/aromatic N) is 2. The molecule has 0 aromatic carbocycles. The van der Waals surface area contributed by atoms with Crippen molar-refractivity contribution in [1.82, 2.24) is 15.2 Å². The Morgan fingerprint density at radius 2 is 2.00 bits per heavy atom. The first-order valence-electron chi connectivity index (χ1n) is 6.66. The van der Waals surface area contributed by atoms with Crippen LogP contribution in [-0.2, 0) is 6.54 Å². The molecule has 0 bridgehead atoms. The molecule has 1 aliphatic heterocycles. The van der Waals surface area contributed by atoms with Gasteiger partial charge in [-0.05, 0) is 56.1 Å². The molecule has 0 aliphatic carbocycles. The Hall–Kier alpha value is -0.930. The van der Waals surface area contributed by atoms with Crippen molar-refractivity contribution in [2.45, 2.75) is 26.3 Å². The summed E-state index contributed by atoms with van der Waals surface area (Å²) in [6.45, 7) is 8.22. The van der Waals surface area contributed by atoms with Crippen LogP contribution in [0, 0.1) is 5.92 Å². The van der Waals surface area contributed by atoms with E-state index in [-0.39, 0.29) is 0 Å². The number of hydrogen-bond donors (Lipinski definition) is 1. The van der Waals surface area contributed by atoms with Crippen molar-refractivity contribution in [3.05, 3.63) is 30.1 Å². The molecule has 94 valence electrons. The summed E-state index contributed by atoms with van der Waals surface area (Å²) in [6.07, 6.45) is 6.48. The van der Waals surface area contributed by atoms with E-state index in [1.54, 1.807) is 0 Å². The quantitative estimate of drug-likeness (QED) is 0.813. The Morgan fingerprint density at radius 3 is 2.71 bits per heavy atom. The van der Waals surface area contributed by atoms with Gasteiger partial charge in [0.2, 0.25) is 0 Å². The summed E-state index contributed by atoms with van der Waals surface area (Å²) < 4.78 is 0. The molecule has 0 saturated carbocycles. The zero-order valence-corrected chi connectivity index (χ0v) is 10.7. The molecular weight excluding hydrogens is 210 g/mol. The van der Waals surface area contributed by atoms with Gasteiger partial charge < -0.3 is 10.2 Å². The Morgan fingerprint density at radius 1 is 1.29 bits per heavy atom. The SMILES string of the molecule is CC(CNCc1ccncc1)CN1CCCC1. The zero-order chi connectivity index (χ0) is 11.9. The molecule has 17 heavy (non-hydrogen) atoms. The molecule has 1 atom stereocenters. The number of rotatable bonds is 6. The third-order valence-corrected chi connectivity index (χ3v) is 3.34. The molecule has 1 aromatic heterocycles. The van der Waals surface area contributed by atoms with Crippen molar-refractivity contribution in [1.29, 1.82) is 0 Å². The van der Waals surface area contributed by atoms with Gasteiger partial charge in [0, 0.05) is 25.5 Å². The fourth-order valence-electron chi connectivity index (χ4n) is 2.43. The average molecular weight is 233 g/mol. The highest BCUT2D eigenvalue weighted by Gasteiger charge is 2.14. The van der Waals surface area contributed by atoms with Gasteiger partial charge in [-0.1, -0.05) is 6.92 Å². The predicted octanol–water partition coefficient (Wildman–Crippen LogP) is 1.90. The topological polar surface area (TPSA) is 28.2 Å². The summed E-state index contributed by atoms with van der Waals surface area (Å²) in [7, 11) is 0. The normalized spacial score (nSPS) is 18.4. The van der Waals surface area contributed by atoms with Crippen molar-refractivity contribution >= 4 is 0 Å². The Kier molecular flexibility index (Phi) is 4.95. The van der Waals surface area contributed by atoms with E-state index in [1.165, 1.54) is 38.0 Å². The molecule has 1 aromatic rings. The molecule has 2 heterocycles. The van der Waals surface area contributed by atoms with E-state index in [0.29, 0.717) is 0 Å². The van der Waals surface area contributed by atoms with Gasteiger partial charge in [-0.15, -0.1) is 0 Å². The van der Waals surface area contributed by atoms with Crippen LogP contribution >= 0.6 is 0 Å². The fourth-order valence-corrected chi connectivity index (χ4v) is 2.43. The molecule has 1 aliphatic rings. The van der Waals surface area contributed by atoms with Crippen LogP contribution in [0.4, 0.5) is 0 Å². The van der Waals surface area contributed by atoms with Gasteiger partial charge in [0.05, 0.1) is 0 Å². The van der Waals surface area contributed by atoms with E-state index >= 15 is 0 Å². The van der Waals surface area contributed by atoms with Gasteiger partial charge in [0.25, 0.3) is 0 Å². The maximum absolute atomic E-state index is 4.02. The molecule has 1 saturated heterocycles. The molecule has 2 rings (SSSR count). The fraction of sp³-hybridized carbons (Fsp3) is 0.643. The molecule has 1 unspecified atom stereocenters. The molecule has 1 N–H and O–H groups in total. The van der Waals surface area contributed by atoms with Gasteiger partial charge in [-0.25, -0.2) is 0 Å². The lowest BCUT2D eigenvalue weighted by Gasteiger charge is -2.20. The van der Waals surface area contributed by atoms with E-state index in [9.17, 15) is 0 Å². The minimum atomic E-state index is 0.731. The lowest BCUT2D eigenvalue weighted by molar-refractivity contribution is 0.282. The van der Waals surface area contributed by atoms with E-state index in [1.807, 2.05) is 12.4 Å². The zero-order valence-electron chi connectivity index (χ0n) is 10.7. The predicted molar refractivity (Wildman–Crippen MR) is 70.8 cm³/mol. The van der Waals surface area contributed by atoms with E-state index in [4.69, 9.17) is 0 Å². The summed E-state index contributed by atoms with van der Waals surface area (Å²) in [5, 5.41) is 3.52. The van der Waals surface area contributed by atoms with E-state index < -0.39 is 0 Å². The lowest BCUT2D eigenvalue weighted by atomic mass is 10.1. The van der Waals surface area contributed by atoms with Crippen LogP contribution in [0.1, 0.15) is 25.3 Å². The van der Waals surface area contributed by atoms with Gasteiger partial charge in [0.15, 0.2) is 0 Å². The molecular formula is C14H23N3. The number of pyridine rings is 1. The van der Waals surface area contributed by atoms with Gasteiger partial charge in [-0.2, -0.15) is 0 Å². The molecule has 3 heteroatoms.